The Morgan fingerprint density at radius 1 is 0.612 bits per heavy atom. The van der Waals surface area contributed by atoms with Gasteiger partial charge < -0.3 is 73.8 Å². The molecule has 0 bridgehead atoms. The average Bonchev–Trinajstić information content (AvgIpc) is 3.73. The van der Waals surface area contributed by atoms with Gasteiger partial charge in [0.25, 0.3) is 0 Å². The van der Waals surface area contributed by atoms with Crippen molar-refractivity contribution < 1.29 is 83.1 Å². The lowest BCUT2D eigenvalue weighted by Crippen LogP contribution is -2.61. The van der Waals surface area contributed by atoms with Crippen LogP contribution in [0.15, 0.2) is 30.3 Å². The van der Waals surface area contributed by atoms with Crippen molar-refractivity contribution in [2.45, 2.75) is 126 Å². The quantitative estimate of drug-likeness (QED) is 0.0343. The first-order valence-electron chi connectivity index (χ1n) is 21.2. The Balaban J connectivity index is 2.28. The van der Waals surface area contributed by atoms with Gasteiger partial charge in [-0.2, -0.15) is 0 Å². The lowest BCUT2D eigenvalue weighted by atomic mass is 10.0. The zero-order chi connectivity index (χ0) is 50.5. The lowest BCUT2D eigenvalue weighted by molar-refractivity contribution is -0.145. The highest BCUT2D eigenvalue weighted by Gasteiger charge is 2.40. The molecule has 370 valence electrons. The summed E-state index contributed by atoms with van der Waals surface area (Å²) in [7, 11) is 0. The number of carbonyl (C=O) groups excluding carboxylic acids is 7. The van der Waals surface area contributed by atoms with Crippen LogP contribution in [0.25, 0.3) is 0 Å². The molecule has 1 fully saturated rings. The number of hydrogen-bond acceptors (Lipinski definition) is 14. The van der Waals surface area contributed by atoms with Crippen LogP contribution in [0.1, 0.15) is 77.2 Å². The fourth-order valence-corrected chi connectivity index (χ4v) is 6.89. The van der Waals surface area contributed by atoms with Gasteiger partial charge in [-0.05, 0) is 56.6 Å². The van der Waals surface area contributed by atoms with E-state index in [1.165, 1.54) is 18.7 Å². The van der Waals surface area contributed by atoms with E-state index >= 15 is 0 Å². The van der Waals surface area contributed by atoms with Crippen molar-refractivity contribution in [3.8, 4) is 0 Å². The third-order valence-corrected chi connectivity index (χ3v) is 10.3. The molecule has 1 aromatic carbocycles. The highest BCUT2D eigenvalue weighted by Crippen LogP contribution is 2.20. The van der Waals surface area contributed by atoms with Crippen molar-refractivity contribution in [3.05, 3.63) is 35.9 Å². The largest absolute Gasteiger partial charge is 0.481 e. The van der Waals surface area contributed by atoms with E-state index in [0.717, 1.165) is 5.56 Å². The van der Waals surface area contributed by atoms with Gasteiger partial charge in [-0.1, -0.05) is 44.2 Å². The average molecular weight is 950 g/mol. The molecule has 8 atom stereocenters. The van der Waals surface area contributed by atoms with Crippen molar-refractivity contribution in [2.24, 2.45) is 17.4 Å². The number of carboxylic acid groups (broad SMARTS) is 5. The number of unbranched alkanes of at least 4 members (excludes halogenated alkanes) is 1. The van der Waals surface area contributed by atoms with E-state index in [0.29, 0.717) is 12.8 Å². The summed E-state index contributed by atoms with van der Waals surface area (Å²) in [5.74, 6) is -17.2. The smallest absolute Gasteiger partial charge is 0.326 e. The summed E-state index contributed by atoms with van der Waals surface area (Å²) in [6.07, 6.45) is -3.54. The summed E-state index contributed by atoms with van der Waals surface area (Å²) in [4.78, 5) is 154. The summed E-state index contributed by atoms with van der Waals surface area (Å²) >= 11 is 0. The molecule has 0 saturated carbocycles. The topological polar surface area (TPSA) is 433 Å². The number of nitrogens with one attached hydrogen (secondary N) is 6. The third kappa shape index (κ3) is 19.0. The van der Waals surface area contributed by atoms with Crippen LogP contribution in [0.4, 0.5) is 0 Å². The van der Waals surface area contributed by atoms with Crippen LogP contribution in [0, 0.1) is 5.92 Å². The molecule has 15 N–H and O–H groups in total. The van der Waals surface area contributed by atoms with E-state index in [1.54, 1.807) is 30.3 Å². The molecular weight excluding hydrogens is 890 g/mol. The van der Waals surface area contributed by atoms with E-state index in [-0.39, 0.29) is 38.8 Å². The number of likely N-dealkylation sites (tertiary alicyclic amines) is 1. The molecule has 0 radical (unpaired) electrons. The van der Waals surface area contributed by atoms with Gasteiger partial charge in [-0.15, -0.1) is 0 Å². The number of nitrogens with two attached hydrogens (primary N) is 2. The molecular formula is C41H59N9O17. The highest BCUT2D eigenvalue weighted by molar-refractivity contribution is 6.00. The minimum absolute atomic E-state index is 0.138. The van der Waals surface area contributed by atoms with Gasteiger partial charge in [0.15, 0.2) is 0 Å². The molecule has 0 aliphatic carbocycles. The van der Waals surface area contributed by atoms with Crippen LogP contribution in [0.2, 0.25) is 0 Å². The van der Waals surface area contributed by atoms with Gasteiger partial charge in [0.2, 0.25) is 41.4 Å². The van der Waals surface area contributed by atoms with Crippen LogP contribution in [-0.2, 0) is 64.0 Å². The van der Waals surface area contributed by atoms with Crippen LogP contribution in [0.3, 0.4) is 0 Å². The van der Waals surface area contributed by atoms with E-state index in [1.807, 2.05) is 16.0 Å². The fourth-order valence-electron chi connectivity index (χ4n) is 6.89. The first-order chi connectivity index (χ1) is 31.4. The second kappa shape index (κ2) is 27.3. The van der Waals surface area contributed by atoms with Gasteiger partial charge >= 0.3 is 29.8 Å². The molecule has 1 aromatic rings. The standard InChI is InChI=1S/C41H59N9O17/c1-20(2)33(49-38(63)28-12-8-14-50(28)40(65)22(43)15-21-9-4-3-5-10-21)39(64)48-27(19-32(57)58)37(62)47-26(18-31(55)56)36(61)46-25(17-30(53)54)35(60)45-24(16-29(51)52)34(59)44-23(41(66)67)11-6-7-13-42/h3-5,9-10,20,22-28,33H,6-8,11-19,42-43H2,1-2H3,(H,44,59)(H,45,60)(H,46,61)(H,47,62)(H,48,64)(H,49,63)(H,51,52)(H,53,54)(H,55,56)(H,57,58)(H,66,67)/t22-,23-,24-,25-,26-,27-,28-,33-/m0/s1. The maximum Gasteiger partial charge on any atom is 0.326 e. The first kappa shape index (κ1) is 55.9. The number of nitrogens with zero attached hydrogens (tertiary/aromatic N) is 1. The molecule has 1 saturated heterocycles. The number of hydrogen-bond donors (Lipinski definition) is 13. The van der Waals surface area contributed by atoms with E-state index in [4.69, 9.17) is 11.5 Å². The number of amides is 7. The number of carboxylic acids is 5. The summed E-state index contributed by atoms with van der Waals surface area (Å²) in [6.45, 7) is 3.41. The van der Waals surface area contributed by atoms with Crippen LogP contribution in [-0.4, -0.2) is 163 Å². The monoisotopic (exact) mass is 949 g/mol. The Bertz CT molecular complexity index is 1980. The van der Waals surface area contributed by atoms with Gasteiger partial charge in [0, 0.05) is 6.54 Å². The Labute approximate surface area is 383 Å². The molecule has 1 aliphatic heterocycles. The van der Waals surface area contributed by atoms with Gasteiger partial charge in [-0.3, -0.25) is 52.7 Å². The molecule has 67 heavy (non-hydrogen) atoms. The first-order valence-corrected chi connectivity index (χ1v) is 21.2. The Morgan fingerprint density at radius 3 is 1.42 bits per heavy atom. The molecule has 26 nitrogen and oxygen atoms in total. The zero-order valence-corrected chi connectivity index (χ0v) is 36.8. The Kier molecular flexibility index (Phi) is 22.8. The summed E-state index contributed by atoms with van der Waals surface area (Å²) in [5.41, 5.74) is 12.4. The van der Waals surface area contributed by atoms with Gasteiger partial charge in [0.05, 0.1) is 31.7 Å². The van der Waals surface area contributed by atoms with Gasteiger partial charge in [0.1, 0.15) is 42.3 Å². The molecule has 1 heterocycles. The molecule has 0 unspecified atom stereocenters. The van der Waals surface area contributed by atoms with Gasteiger partial charge in [-0.25, -0.2) is 4.79 Å². The molecule has 7 amide bonds. The normalized spacial score (nSPS) is 16.4. The van der Waals surface area contributed by atoms with Crippen LogP contribution in [0.5, 0.6) is 0 Å². The number of carbonyl (C=O) groups is 12. The van der Waals surface area contributed by atoms with Crippen molar-refractivity contribution >= 4 is 71.2 Å². The minimum atomic E-state index is -2.20. The predicted octanol–water partition coefficient (Wildman–Crippen LogP) is -3.78. The maximum absolute atomic E-state index is 13.7. The summed E-state index contributed by atoms with van der Waals surface area (Å²) in [6, 6.07) is -4.59. The SMILES string of the molecule is CC(C)[C@H](NC(=O)[C@@H]1CCCN1C(=O)[C@@H](N)Cc1ccccc1)C(=O)N[C@@H](CC(=O)O)C(=O)N[C@@H](CC(=O)O)C(=O)N[C@@H](CC(=O)O)C(=O)N[C@@H](CC(=O)O)C(=O)N[C@@H](CCCCN)C(=O)O. The van der Waals surface area contributed by atoms with Crippen molar-refractivity contribution in [1.82, 2.24) is 36.8 Å². The van der Waals surface area contributed by atoms with Crippen molar-refractivity contribution in [3.63, 3.8) is 0 Å². The maximum atomic E-state index is 13.7. The predicted molar refractivity (Wildman–Crippen MR) is 229 cm³/mol. The Hall–Kier alpha value is -7.22. The Morgan fingerprint density at radius 2 is 1.03 bits per heavy atom. The van der Waals surface area contributed by atoms with Crippen molar-refractivity contribution in [2.75, 3.05) is 13.1 Å². The third-order valence-electron chi connectivity index (χ3n) is 10.3. The molecule has 2 rings (SSSR count). The highest BCUT2D eigenvalue weighted by atomic mass is 16.4. The summed E-state index contributed by atoms with van der Waals surface area (Å²) in [5, 5.41) is 60.2. The van der Waals surface area contributed by atoms with E-state index in [2.05, 4.69) is 16.0 Å². The zero-order valence-electron chi connectivity index (χ0n) is 36.8. The second-order valence-corrected chi connectivity index (χ2v) is 16.0. The molecule has 0 spiro atoms. The molecule has 0 aromatic heterocycles. The number of aliphatic carboxylic acids is 5. The van der Waals surface area contributed by atoms with E-state index in [9.17, 15) is 83.1 Å². The fraction of sp³-hybridized carbons (Fsp3) is 0.561. The van der Waals surface area contributed by atoms with Crippen LogP contribution < -0.4 is 43.4 Å². The molecule has 26 heteroatoms. The lowest BCUT2D eigenvalue weighted by Gasteiger charge is -2.30. The number of rotatable bonds is 29. The second-order valence-electron chi connectivity index (χ2n) is 16.0. The minimum Gasteiger partial charge on any atom is -0.481 e. The van der Waals surface area contributed by atoms with Crippen molar-refractivity contribution in [1.29, 1.82) is 0 Å². The summed E-state index contributed by atoms with van der Waals surface area (Å²) < 4.78 is 0. The molecule has 1 aliphatic rings. The van der Waals surface area contributed by atoms with E-state index < -0.39 is 151 Å². The van der Waals surface area contributed by atoms with Crippen LogP contribution >= 0.6 is 0 Å². The number of benzene rings is 1.